The highest BCUT2D eigenvalue weighted by Gasteiger charge is 2.38. The molecule has 1 saturated heterocycles. The topological polar surface area (TPSA) is 54.5 Å². The predicted molar refractivity (Wildman–Crippen MR) is 115 cm³/mol. The van der Waals surface area contributed by atoms with Crippen LogP contribution in [-0.4, -0.2) is 29.8 Å². The summed E-state index contributed by atoms with van der Waals surface area (Å²) >= 11 is 5.86. The van der Waals surface area contributed by atoms with Crippen LogP contribution in [0.5, 0.6) is 0 Å². The van der Waals surface area contributed by atoms with E-state index in [0.717, 1.165) is 22.9 Å². The molecular weight excluding hydrogens is 512 g/mol. The van der Waals surface area contributed by atoms with Crippen molar-refractivity contribution < 1.29 is 39.6 Å². The van der Waals surface area contributed by atoms with E-state index >= 15 is 0 Å². The second-order valence-electron chi connectivity index (χ2n) is 6.99. The average molecular weight is 526 g/mol. The Hall–Kier alpha value is -2.38. The van der Waals surface area contributed by atoms with Gasteiger partial charge in [0.15, 0.2) is 9.84 Å². The van der Waals surface area contributed by atoms with E-state index in [9.17, 15) is 39.6 Å². The molecule has 1 heterocycles. The number of carbonyl (C=O) groups excluding carboxylic acids is 1. The maximum absolute atomic E-state index is 13.1. The first-order valence-corrected chi connectivity index (χ1v) is 12.0. The Morgan fingerprint density at radius 3 is 2.06 bits per heavy atom. The van der Waals surface area contributed by atoms with Crippen molar-refractivity contribution in [3.63, 3.8) is 0 Å². The number of rotatable bonds is 4. The average Bonchev–Trinajstić information content (AvgIpc) is 2.93. The molecule has 0 unspecified atom stereocenters. The minimum atomic E-state index is -5.03. The smallest absolute Gasteiger partial charge is 0.288 e. The lowest BCUT2D eigenvalue weighted by atomic mass is 10.0. The molecular formula is C20H13F6NO3S3. The maximum Gasteiger partial charge on any atom is 0.416 e. The Kier molecular flexibility index (Phi) is 6.70. The summed E-state index contributed by atoms with van der Waals surface area (Å²) in [6.45, 7) is -0.622. The summed E-state index contributed by atoms with van der Waals surface area (Å²) in [5, 5.41) is 0. The molecule has 0 aliphatic carbocycles. The molecule has 3 rings (SSSR count). The van der Waals surface area contributed by atoms with E-state index in [4.69, 9.17) is 12.2 Å². The zero-order valence-corrected chi connectivity index (χ0v) is 18.9. The molecule has 0 saturated carbocycles. The van der Waals surface area contributed by atoms with Crippen molar-refractivity contribution in [3.05, 3.63) is 69.6 Å². The molecule has 0 spiro atoms. The largest absolute Gasteiger partial charge is 0.416 e. The van der Waals surface area contributed by atoms with Crippen molar-refractivity contribution in [1.82, 2.24) is 4.90 Å². The van der Waals surface area contributed by atoms with Gasteiger partial charge in [0.05, 0.1) is 27.5 Å². The third kappa shape index (κ3) is 5.76. The fraction of sp³-hybridized carbons (Fsp3) is 0.200. The molecule has 2 aromatic rings. The second-order valence-corrected chi connectivity index (χ2v) is 10.7. The van der Waals surface area contributed by atoms with Crippen LogP contribution in [0.3, 0.4) is 0 Å². The number of thioether (sulfide) groups is 1. The summed E-state index contributed by atoms with van der Waals surface area (Å²) in [6.07, 6.45) is -7.80. The SMILES string of the molecule is CS(=O)(=O)c1ccccc1/C=C1\SC(=S)N(Cc2cc(C(F)(F)F)cc(C(F)(F)F)c2)C1=O. The number of halogens is 6. The van der Waals surface area contributed by atoms with E-state index in [-0.39, 0.29) is 25.8 Å². The van der Waals surface area contributed by atoms with Gasteiger partial charge in [0.25, 0.3) is 5.91 Å². The van der Waals surface area contributed by atoms with Gasteiger partial charge in [-0.05, 0) is 41.5 Å². The maximum atomic E-state index is 13.1. The van der Waals surface area contributed by atoms with Gasteiger partial charge in [0.2, 0.25) is 0 Å². The lowest BCUT2D eigenvalue weighted by Crippen LogP contribution is -2.27. The van der Waals surface area contributed by atoms with Crippen molar-refractivity contribution in [2.45, 2.75) is 23.8 Å². The Balaban J connectivity index is 1.97. The zero-order chi connectivity index (χ0) is 24.8. The summed E-state index contributed by atoms with van der Waals surface area (Å²) in [6, 6.07) is 6.87. The van der Waals surface area contributed by atoms with Crippen LogP contribution < -0.4 is 0 Å². The third-order valence-corrected chi connectivity index (χ3v) is 7.02. The molecule has 13 heteroatoms. The number of hydrogen-bond acceptors (Lipinski definition) is 5. The highest BCUT2D eigenvalue weighted by atomic mass is 32.2. The van der Waals surface area contributed by atoms with E-state index in [1.807, 2.05) is 0 Å². The molecule has 1 amide bonds. The van der Waals surface area contributed by atoms with Crippen molar-refractivity contribution >= 4 is 50.1 Å². The van der Waals surface area contributed by atoms with Crippen molar-refractivity contribution in [2.75, 3.05) is 6.26 Å². The summed E-state index contributed by atoms with van der Waals surface area (Å²) in [5.74, 6) is -0.765. The number of hydrogen-bond donors (Lipinski definition) is 0. The second kappa shape index (κ2) is 8.76. The van der Waals surface area contributed by atoms with Crippen LogP contribution in [0.2, 0.25) is 0 Å². The lowest BCUT2D eigenvalue weighted by molar-refractivity contribution is -0.143. The van der Waals surface area contributed by atoms with Gasteiger partial charge >= 0.3 is 12.4 Å². The summed E-state index contributed by atoms with van der Waals surface area (Å²) in [5.41, 5.74) is -3.23. The van der Waals surface area contributed by atoms with Gasteiger partial charge in [-0.1, -0.05) is 42.2 Å². The fourth-order valence-corrected chi connectivity index (χ4v) is 5.14. The Morgan fingerprint density at radius 1 is 1.00 bits per heavy atom. The van der Waals surface area contributed by atoms with Crippen molar-refractivity contribution in [1.29, 1.82) is 0 Å². The van der Waals surface area contributed by atoms with Gasteiger partial charge in [-0.25, -0.2) is 8.42 Å². The lowest BCUT2D eigenvalue weighted by Gasteiger charge is -2.18. The van der Waals surface area contributed by atoms with Gasteiger partial charge in [-0.15, -0.1) is 0 Å². The molecule has 1 aliphatic rings. The quantitative estimate of drug-likeness (QED) is 0.299. The molecule has 176 valence electrons. The molecule has 0 N–H and O–H groups in total. The van der Waals surface area contributed by atoms with Crippen LogP contribution in [0.25, 0.3) is 6.08 Å². The van der Waals surface area contributed by atoms with E-state index < -0.39 is 51.3 Å². The van der Waals surface area contributed by atoms with Gasteiger partial charge < -0.3 is 0 Å². The van der Waals surface area contributed by atoms with Gasteiger partial charge in [0, 0.05) is 6.26 Å². The number of carbonyl (C=O) groups is 1. The number of benzene rings is 2. The minimum Gasteiger partial charge on any atom is -0.288 e. The first kappa shape index (κ1) is 25.2. The van der Waals surface area contributed by atoms with Gasteiger partial charge in [0.1, 0.15) is 4.32 Å². The molecule has 1 aliphatic heterocycles. The summed E-state index contributed by atoms with van der Waals surface area (Å²) in [7, 11) is -3.63. The highest BCUT2D eigenvalue weighted by molar-refractivity contribution is 8.26. The van der Waals surface area contributed by atoms with Crippen molar-refractivity contribution in [2.24, 2.45) is 0 Å². The van der Waals surface area contributed by atoms with Crippen LogP contribution in [-0.2, 0) is 33.5 Å². The van der Waals surface area contributed by atoms with Crippen molar-refractivity contribution in [3.8, 4) is 0 Å². The minimum absolute atomic E-state index is 0.00414. The monoisotopic (exact) mass is 525 g/mol. The Labute approximate surface area is 194 Å². The number of nitrogens with zero attached hydrogens (tertiary/aromatic N) is 1. The number of amides is 1. The van der Waals surface area contributed by atoms with E-state index in [0.29, 0.717) is 12.1 Å². The first-order valence-electron chi connectivity index (χ1n) is 8.90. The van der Waals surface area contributed by atoms with Gasteiger partial charge in [-0.2, -0.15) is 26.3 Å². The standard InChI is InChI=1S/C20H13F6NO3S3/c1-33(29,30)16-5-3-2-4-12(16)8-15-17(28)27(18(31)32-15)10-11-6-13(19(21,22)23)9-14(7-11)20(24,25)26/h2-9H,10H2,1H3/b15-8-. The summed E-state index contributed by atoms with van der Waals surface area (Å²) < 4.78 is 102. The molecule has 0 atom stereocenters. The molecule has 1 fully saturated rings. The highest BCUT2D eigenvalue weighted by Crippen LogP contribution is 2.38. The number of sulfone groups is 1. The number of thiocarbonyl (C=S) groups is 1. The van der Waals surface area contributed by atoms with E-state index in [2.05, 4.69) is 0 Å². The van der Waals surface area contributed by atoms with Crippen LogP contribution in [0, 0.1) is 0 Å². The van der Waals surface area contributed by atoms with Crippen LogP contribution in [0.4, 0.5) is 26.3 Å². The fourth-order valence-electron chi connectivity index (χ4n) is 3.01. The van der Waals surface area contributed by atoms with E-state index in [1.54, 1.807) is 6.07 Å². The van der Waals surface area contributed by atoms with E-state index in [1.165, 1.54) is 24.3 Å². The molecule has 0 aromatic heterocycles. The molecule has 0 bridgehead atoms. The molecule has 4 nitrogen and oxygen atoms in total. The van der Waals surface area contributed by atoms with Crippen LogP contribution in [0.15, 0.2) is 52.3 Å². The van der Waals surface area contributed by atoms with Gasteiger partial charge in [-0.3, -0.25) is 9.69 Å². The Bertz CT molecular complexity index is 1230. The van der Waals surface area contributed by atoms with Crippen LogP contribution in [0.1, 0.15) is 22.3 Å². The predicted octanol–water partition coefficient (Wildman–Crippen LogP) is 5.53. The molecule has 33 heavy (non-hydrogen) atoms. The summed E-state index contributed by atoms with van der Waals surface area (Å²) in [4.78, 5) is 13.6. The molecule has 0 radical (unpaired) electrons. The third-order valence-electron chi connectivity index (χ3n) is 4.47. The Morgan fingerprint density at radius 2 is 1.55 bits per heavy atom. The normalized spacial score (nSPS) is 16.7. The first-order chi connectivity index (χ1) is 15.1. The van der Waals surface area contributed by atoms with Crippen LogP contribution >= 0.6 is 24.0 Å². The zero-order valence-electron chi connectivity index (χ0n) is 16.5. The molecule has 2 aromatic carbocycles. The number of alkyl halides is 6.